The molecule has 1 heterocycles. The monoisotopic (exact) mass is 257 g/mol. The van der Waals surface area contributed by atoms with Gasteiger partial charge in [0.05, 0.1) is 5.56 Å². The largest absolute Gasteiger partial charge is 0.416 e. The molecule has 1 aliphatic heterocycles. The average molecular weight is 257 g/mol. The minimum atomic E-state index is -4.34. The number of amides is 1. The van der Waals surface area contributed by atoms with Crippen LogP contribution >= 0.6 is 0 Å². The van der Waals surface area contributed by atoms with Crippen molar-refractivity contribution in [3.05, 3.63) is 29.3 Å². The Labute approximate surface area is 103 Å². The number of nitrogens with one attached hydrogen (secondary N) is 1. The Bertz CT molecular complexity index is 468. The Morgan fingerprint density at radius 2 is 2.11 bits per heavy atom. The van der Waals surface area contributed by atoms with Crippen LogP contribution in [0.5, 0.6) is 0 Å². The van der Waals surface area contributed by atoms with Gasteiger partial charge >= 0.3 is 6.18 Å². The summed E-state index contributed by atoms with van der Waals surface area (Å²) in [6.07, 6.45) is -2.51. The number of alkyl halides is 3. The van der Waals surface area contributed by atoms with E-state index in [2.05, 4.69) is 5.32 Å². The lowest BCUT2D eigenvalue weighted by Gasteiger charge is -2.26. The maximum absolute atomic E-state index is 12.7. The van der Waals surface area contributed by atoms with Crippen molar-refractivity contribution in [2.24, 2.45) is 0 Å². The van der Waals surface area contributed by atoms with Crippen LogP contribution in [-0.4, -0.2) is 5.91 Å². The first-order valence-electron chi connectivity index (χ1n) is 5.92. The number of rotatable bonds is 2. The first kappa shape index (κ1) is 12.9. The van der Waals surface area contributed by atoms with Crippen LogP contribution in [-0.2, 0) is 11.0 Å². The summed E-state index contributed by atoms with van der Waals surface area (Å²) in [6, 6.07) is 3.51. The molecule has 1 unspecified atom stereocenters. The van der Waals surface area contributed by atoms with E-state index in [0.29, 0.717) is 11.3 Å². The number of hydrogen-bond donors (Lipinski definition) is 1. The van der Waals surface area contributed by atoms with Crippen molar-refractivity contribution in [2.75, 3.05) is 5.32 Å². The molecule has 1 aliphatic rings. The van der Waals surface area contributed by atoms with Crippen molar-refractivity contribution >= 4 is 11.6 Å². The van der Waals surface area contributed by atoms with Gasteiger partial charge in [-0.25, -0.2) is 0 Å². The molecular formula is C13H14F3NO. The van der Waals surface area contributed by atoms with Gasteiger partial charge in [0.25, 0.3) is 0 Å². The third kappa shape index (κ3) is 2.49. The molecule has 0 bridgehead atoms. The normalized spacial score (nSPS) is 19.3. The molecule has 5 heteroatoms. The first-order valence-corrected chi connectivity index (χ1v) is 5.92. The second-order valence-corrected chi connectivity index (χ2v) is 4.54. The molecule has 1 N–H and O–H groups in total. The zero-order valence-electron chi connectivity index (χ0n) is 9.97. The highest BCUT2D eigenvalue weighted by Gasteiger charge is 2.33. The predicted octanol–water partition coefficient (Wildman–Crippen LogP) is 3.93. The number of hydrogen-bond acceptors (Lipinski definition) is 1. The summed E-state index contributed by atoms with van der Waals surface area (Å²) in [6.45, 7) is 1.96. The molecule has 18 heavy (non-hydrogen) atoms. The van der Waals surface area contributed by atoms with E-state index in [1.54, 1.807) is 0 Å². The van der Waals surface area contributed by atoms with Crippen LogP contribution in [0.4, 0.5) is 18.9 Å². The third-order valence-corrected chi connectivity index (χ3v) is 3.16. The Morgan fingerprint density at radius 1 is 1.39 bits per heavy atom. The lowest BCUT2D eigenvalue weighted by Crippen LogP contribution is -2.23. The van der Waals surface area contributed by atoms with Crippen LogP contribution < -0.4 is 5.32 Å². The van der Waals surface area contributed by atoms with Gasteiger partial charge in [0.1, 0.15) is 0 Å². The van der Waals surface area contributed by atoms with Crippen molar-refractivity contribution in [1.82, 2.24) is 0 Å². The number of halogens is 3. The van der Waals surface area contributed by atoms with Gasteiger partial charge in [0, 0.05) is 12.1 Å². The molecule has 0 saturated carbocycles. The van der Waals surface area contributed by atoms with Gasteiger partial charge in [0.15, 0.2) is 0 Å². The molecule has 0 fully saturated rings. The Hall–Kier alpha value is -1.52. The first-order chi connectivity index (χ1) is 8.41. The van der Waals surface area contributed by atoms with Crippen molar-refractivity contribution in [3.63, 3.8) is 0 Å². The summed E-state index contributed by atoms with van der Waals surface area (Å²) < 4.78 is 38.0. The minimum Gasteiger partial charge on any atom is -0.326 e. The van der Waals surface area contributed by atoms with Gasteiger partial charge < -0.3 is 5.32 Å². The van der Waals surface area contributed by atoms with Gasteiger partial charge in [-0.3, -0.25) is 4.79 Å². The van der Waals surface area contributed by atoms with E-state index in [1.165, 1.54) is 6.07 Å². The molecule has 0 aromatic heterocycles. The number of anilines is 1. The average Bonchev–Trinajstić information content (AvgIpc) is 2.27. The molecule has 0 radical (unpaired) electrons. The molecule has 0 saturated heterocycles. The SMILES string of the molecule is CCCC1CC(=O)Nc2ccc(C(F)(F)F)cc21. The van der Waals surface area contributed by atoms with E-state index in [1.807, 2.05) is 6.92 Å². The summed E-state index contributed by atoms with van der Waals surface area (Å²) >= 11 is 0. The fraction of sp³-hybridized carbons (Fsp3) is 0.462. The van der Waals surface area contributed by atoms with Crippen LogP contribution in [0.3, 0.4) is 0 Å². The molecule has 0 aliphatic carbocycles. The molecule has 2 nitrogen and oxygen atoms in total. The van der Waals surface area contributed by atoms with E-state index < -0.39 is 11.7 Å². The van der Waals surface area contributed by atoms with Gasteiger partial charge in [0.2, 0.25) is 5.91 Å². The molecule has 98 valence electrons. The molecule has 1 aromatic carbocycles. The van der Waals surface area contributed by atoms with Gasteiger partial charge in [-0.2, -0.15) is 13.2 Å². The second-order valence-electron chi connectivity index (χ2n) is 4.54. The standard InChI is InChI=1S/C13H14F3NO/c1-2-3-8-6-12(18)17-11-5-4-9(7-10(8)11)13(14,15)16/h4-5,7-8H,2-3,6H2,1H3,(H,17,18). The predicted molar refractivity (Wildman–Crippen MR) is 62.3 cm³/mol. The topological polar surface area (TPSA) is 29.1 Å². The molecule has 2 rings (SSSR count). The number of carbonyl (C=O) groups excluding carboxylic acids is 1. The molecular weight excluding hydrogens is 243 g/mol. The zero-order chi connectivity index (χ0) is 13.3. The van der Waals surface area contributed by atoms with Crippen molar-refractivity contribution in [1.29, 1.82) is 0 Å². The number of benzene rings is 1. The van der Waals surface area contributed by atoms with Crippen molar-refractivity contribution < 1.29 is 18.0 Å². The van der Waals surface area contributed by atoms with E-state index in [0.717, 1.165) is 25.0 Å². The van der Waals surface area contributed by atoms with Crippen LogP contribution in [0.15, 0.2) is 18.2 Å². The third-order valence-electron chi connectivity index (χ3n) is 3.16. The Morgan fingerprint density at radius 3 is 2.72 bits per heavy atom. The summed E-state index contributed by atoms with van der Waals surface area (Å²) in [7, 11) is 0. The summed E-state index contributed by atoms with van der Waals surface area (Å²) in [5.41, 5.74) is 0.461. The van der Waals surface area contributed by atoms with Gasteiger partial charge in [-0.1, -0.05) is 13.3 Å². The molecule has 1 atom stereocenters. The lowest BCUT2D eigenvalue weighted by atomic mass is 9.86. The van der Waals surface area contributed by atoms with E-state index in [9.17, 15) is 18.0 Å². The summed E-state index contributed by atoms with van der Waals surface area (Å²) in [5.74, 6) is -0.234. The fourth-order valence-corrected chi connectivity index (χ4v) is 2.33. The maximum atomic E-state index is 12.7. The van der Waals surface area contributed by atoms with Crippen LogP contribution in [0.1, 0.15) is 43.2 Å². The molecule has 0 spiro atoms. The smallest absolute Gasteiger partial charge is 0.326 e. The molecule has 1 aromatic rings. The zero-order valence-corrected chi connectivity index (χ0v) is 9.97. The second kappa shape index (κ2) is 4.63. The maximum Gasteiger partial charge on any atom is 0.416 e. The summed E-state index contributed by atoms with van der Waals surface area (Å²) in [5, 5.41) is 2.62. The highest BCUT2D eigenvalue weighted by Crippen LogP contribution is 2.39. The highest BCUT2D eigenvalue weighted by molar-refractivity contribution is 5.94. The van der Waals surface area contributed by atoms with Crippen LogP contribution in [0.25, 0.3) is 0 Å². The van der Waals surface area contributed by atoms with Gasteiger partial charge in [-0.15, -0.1) is 0 Å². The van der Waals surface area contributed by atoms with Crippen LogP contribution in [0, 0.1) is 0 Å². The Balaban J connectivity index is 2.42. The fourth-order valence-electron chi connectivity index (χ4n) is 2.33. The van der Waals surface area contributed by atoms with E-state index >= 15 is 0 Å². The minimum absolute atomic E-state index is 0.110. The quantitative estimate of drug-likeness (QED) is 0.854. The lowest BCUT2D eigenvalue weighted by molar-refractivity contribution is -0.137. The molecule has 1 amide bonds. The van der Waals surface area contributed by atoms with Gasteiger partial charge in [-0.05, 0) is 36.1 Å². The number of carbonyl (C=O) groups is 1. The van der Waals surface area contributed by atoms with E-state index in [-0.39, 0.29) is 18.2 Å². The summed E-state index contributed by atoms with van der Waals surface area (Å²) in [4.78, 5) is 11.5. The van der Waals surface area contributed by atoms with E-state index in [4.69, 9.17) is 0 Å². The highest BCUT2D eigenvalue weighted by atomic mass is 19.4. The Kier molecular flexibility index (Phi) is 3.32. The van der Waals surface area contributed by atoms with Crippen LogP contribution in [0.2, 0.25) is 0 Å². The number of fused-ring (bicyclic) bond motifs is 1. The van der Waals surface area contributed by atoms with Crippen molar-refractivity contribution in [3.8, 4) is 0 Å². The van der Waals surface area contributed by atoms with Crippen molar-refractivity contribution in [2.45, 2.75) is 38.3 Å².